The third-order valence-electron chi connectivity index (χ3n) is 3.91. The lowest BCUT2D eigenvalue weighted by Gasteiger charge is -2.30. The molecular weight excluding hydrogens is 342 g/mol. The predicted octanol–water partition coefficient (Wildman–Crippen LogP) is 2.88. The number of hydrogen-bond donors (Lipinski definition) is 0. The Morgan fingerprint density at radius 3 is 2.56 bits per heavy atom. The van der Waals surface area contributed by atoms with Gasteiger partial charge in [-0.25, -0.2) is 8.42 Å². The number of fused-ring (bicyclic) bond motifs is 1. The van der Waals surface area contributed by atoms with E-state index in [1.165, 1.54) is 23.4 Å². The van der Waals surface area contributed by atoms with Gasteiger partial charge in [0.05, 0.1) is 23.7 Å². The first-order chi connectivity index (χ1) is 11.9. The topological polar surface area (TPSA) is 72.9 Å². The van der Waals surface area contributed by atoms with E-state index in [2.05, 4.69) is 0 Å². The van der Waals surface area contributed by atoms with Gasteiger partial charge in [-0.1, -0.05) is 0 Å². The molecule has 0 atom stereocenters. The molecule has 0 aromatic heterocycles. The van der Waals surface area contributed by atoms with E-state index in [1.807, 2.05) is 6.92 Å². The zero-order chi connectivity index (χ0) is 18.0. The highest BCUT2D eigenvalue weighted by Crippen LogP contribution is 2.36. The number of rotatable bonds is 5. The van der Waals surface area contributed by atoms with E-state index < -0.39 is 10.0 Å². The predicted molar refractivity (Wildman–Crippen MR) is 94.1 cm³/mol. The van der Waals surface area contributed by atoms with Crippen LogP contribution in [0.1, 0.15) is 24.2 Å². The number of benzene rings is 2. The molecular formula is C18H19NO5S. The smallest absolute Gasteiger partial charge is 0.264 e. The molecule has 0 N–H and O–H groups in total. The summed E-state index contributed by atoms with van der Waals surface area (Å²) in [6.07, 6.45) is 0. The van der Waals surface area contributed by atoms with Crippen LogP contribution in [-0.2, 0) is 10.0 Å². The number of carbonyl (C=O) groups excluding carboxylic acids is 1. The number of carbonyl (C=O) groups is 1. The highest BCUT2D eigenvalue weighted by Gasteiger charge is 2.30. The minimum absolute atomic E-state index is 0.133. The Labute approximate surface area is 147 Å². The SMILES string of the molecule is CCOc1ccc(S(=O)(=O)N2CCOc3ccc(C(C)=O)cc32)cc1. The van der Waals surface area contributed by atoms with Gasteiger partial charge in [-0.3, -0.25) is 9.10 Å². The van der Waals surface area contributed by atoms with Crippen LogP contribution < -0.4 is 13.8 Å². The van der Waals surface area contributed by atoms with Crippen molar-refractivity contribution in [1.29, 1.82) is 0 Å². The molecule has 0 aliphatic carbocycles. The zero-order valence-electron chi connectivity index (χ0n) is 14.1. The van der Waals surface area contributed by atoms with Crippen LogP contribution in [0.25, 0.3) is 0 Å². The van der Waals surface area contributed by atoms with Crippen molar-refractivity contribution in [3.05, 3.63) is 48.0 Å². The van der Waals surface area contributed by atoms with Gasteiger partial charge in [-0.15, -0.1) is 0 Å². The quantitative estimate of drug-likeness (QED) is 0.766. The molecule has 0 bridgehead atoms. The molecule has 1 heterocycles. The Hall–Kier alpha value is -2.54. The molecule has 1 aliphatic rings. The lowest BCUT2D eigenvalue weighted by Crippen LogP contribution is -2.38. The fraction of sp³-hybridized carbons (Fsp3) is 0.278. The Morgan fingerprint density at radius 2 is 1.92 bits per heavy atom. The van der Waals surface area contributed by atoms with Crippen LogP contribution in [0.15, 0.2) is 47.4 Å². The second-order valence-electron chi connectivity index (χ2n) is 5.57. The van der Waals surface area contributed by atoms with Crippen LogP contribution in [0, 0.1) is 0 Å². The van der Waals surface area contributed by atoms with Gasteiger partial charge in [-0.05, 0) is 56.3 Å². The van der Waals surface area contributed by atoms with Gasteiger partial charge in [0.1, 0.15) is 18.1 Å². The standard InChI is InChI=1S/C18H19NO5S/c1-3-23-15-5-7-16(8-6-15)25(21,22)19-10-11-24-18-9-4-14(13(2)20)12-17(18)19/h4-9,12H,3,10-11H2,1-2H3. The normalized spacial score (nSPS) is 13.8. The third kappa shape index (κ3) is 3.32. The molecule has 3 rings (SSSR count). The lowest BCUT2D eigenvalue weighted by atomic mass is 10.1. The number of ketones is 1. The van der Waals surface area contributed by atoms with Crippen molar-refractivity contribution in [2.45, 2.75) is 18.7 Å². The Balaban J connectivity index is 2.01. The van der Waals surface area contributed by atoms with Crippen LogP contribution in [0.4, 0.5) is 5.69 Å². The minimum atomic E-state index is -3.76. The maximum absolute atomic E-state index is 13.0. The van der Waals surface area contributed by atoms with E-state index in [9.17, 15) is 13.2 Å². The van der Waals surface area contributed by atoms with Crippen molar-refractivity contribution in [2.24, 2.45) is 0 Å². The lowest BCUT2D eigenvalue weighted by molar-refractivity contribution is 0.101. The molecule has 0 spiro atoms. The van der Waals surface area contributed by atoms with Crippen molar-refractivity contribution in [2.75, 3.05) is 24.1 Å². The van der Waals surface area contributed by atoms with Crippen molar-refractivity contribution in [1.82, 2.24) is 0 Å². The van der Waals surface area contributed by atoms with Crippen LogP contribution in [0.5, 0.6) is 11.5 Å². The summed E-state index contributed by atoms with van der Waals surface area (Å²) in [4.78, 5) is 11.8. The largest absolute Gasteiger partial charge is 0.494 e. The highest BCUT2D eigenvalue weighted by atomic mass is 32.2. The Bertz CT molecular complexity index is 890. The maximum atomic E-state index is 13.0. The molecule has 1 aliphatic heterocycles. The van der Waals surface area contributed by atoms with Crippen molar-refractivity contribution in [3.8, 4) is 11.5 Å². The van der Waals surface area contributed by atoms with E-state index in [-0.39, 0.29) is 23.8 Å². The van der Waals surface area contributed by atoms with Gasteiger partial charge in [0.2, 0.25) is 0 Å². The summed E-state index contributed by atoms with van der Waals surface area (Å²) in [5, 5.41) is 0. The molecule has 0 unspecified atom stereocenters. The first-order valence-corrected chi connectivity index (χ1v) is 9.41. The number of ether oxygens (including phenoxy) is 2. The molecule has 0 saturated carbocycles. The van der Waals surface area contributed by atoms with Crippen molar-refractivity contribution < 1.29 is 22.7 Å². The number of hydrogen-bond acceptors (Lipinski definition) is 5. The molecule has 0 fully saturated rings. The van der Waals surface area contributed by atoms with Crippen molar-refractivity contribution >= 4 is 21.5 Å². The number of anilines is 1. The Kier molecular flexibility index (Phi) is 4.67. The highest BCUT2D eigenvalue weighted by molar-refractivity contribution is 7.92. The maximum Gasteiger partial charge on any atom is 0.264 e. The van der Waals surface area contributed by atoms with Crippen molar-refractivity contribution in [3.63, 3.8) is 0 Å². The summed E-state index contributed by atoms with van der Waals surface area (Å²) in [5.41, 5.74) is 0.823. The fourth-order valence-corrected chi connectivity index (χ4v) is 4.11. The van der Waals surface area contributed by atoms with Gasteiger partial charge >= 0.3 is 0 Å². The van der Waals surface area contributed by atoms with Gasteiger partial charge in [0.15, 0.2) is 5.78 Å². The van der Waals surface area contributed by atoms with E-state index in [0.29, 0.717) is 29.4 Å². The average molecular weight is 361 g/mol. The molecule has 0 saturated heterocycles. The van der Waals surface area contributed by atoms with Crippen LogP contribution >= 0.6 is 0 Å². The van der Waals surface area contributed by atoms with Crippen LogP contribution in [0.2, 0.25) is 0 Å². The summed E-state index contributed by atoms with van der Waals surface area (Å²) in [7, 11) is -3.76. The van der Waals surface area contributed by atoms with E-state index in [1.54, 1.807) is 30.3 Å². The molecule has 2 aromatic carbocycles. The van der Waals surface area contributed by atoms with Gasteiger partial charge in [0.25, 0.3) is 10.0 Å². The Morgan fingerprint density at radius 1 is 1.20 bits per heavy atom. The molecule has 7 heteroatoms. The summed E-state index contributed by atoms with van der Waals surface area (Å²) < 4.78 is 38.3. The zero-order valence-corrected chi connectivity index (χ0v) is 14.9. The molecule has 0 radical (unpaired) electrons. The summed E-state index contributed by atoms with van der Waals surface area (Å²) >= 11 is 0. The first-order valence-electron chi connectivity index (χ1n) is 7.97. The molecule has 0 amide bonds. The summed E-state index contributed by atoms with van der Waals surface area (Å²) in [6, 6.07) is 11.1. The van der Waals surface area contributed by atoms with E-state index in [0.717, 1.165) is 0 Å². The van der Waals surface area contributed by atoms with E-state index in [4.69, 9.17) is 9.47 Å². The number of Topliss-reactive ketones (excluding diaryl/α,β-unsaturated/α-hetero) is 1. The van der Waals surface area contributed by atoms with Gasteiger partial charge < -0.3 is 9.47 Å². The second kappa shape index (κ2) is 6.76. The second-order valence-corrected chi connectivity index (χ2v) is 7.43. The molecule has 132 valence electrons. The summed E-state index contributed by atoms with van der Waals surface area (Å²) in [6.45, 7) is 4.25. The monoisotopic (exact) mass is 361 g/mol. The number of sulfonamides is 1. The first kappa shape index (κ1) is 17.3. The molecule has 25 heavy (non-hydrogen) atoms. The summed E-state index contributed by atoms with van der Waals surface area (Å²) in [5.74, 6) is 0.931. The van der Waals surface area contributed by atoms with Crippen LogP contribution in [0.3, 0.4) is 0 Å². The molecule has 6 nitrogen and oxygen atoms in total. The fourth-order valence-electron chi connectivity index (χ4n) is 2.66. The minimum Gasteiger partial charge on any atom is -0.494 e. The number of nitrogens with zero attached hydrogens (tertiary/aromatic N) is 1. The molecule has 2 aromatic rings. The third-order valence-corrected chi connectivity index (χ3v) is 5.74. The average Bonchev–Trinajstić information content (AvgIpc) is 2.61. The van der Waals surface area contributed by atoms with Gasteiger partial charge in [0, 0.05) is 5.56 Å². The van der Waals surface area contributed by atoms with E-state index >= 15 is 0 Å². The van der Waals surface area contributed by atoms with Crippen LogP contribution in [-0.4, -0.2) is 34.0 Å². The van der Waals surface area contributed by atoms with Gasteiger partial charge in [-0.2, -0.15) is 0 Å².